The van der Waals surface area contributed by atoms with E-state index in [1.165, 1.54) is 0 Å². The molecule has 19 heavy (non-hydrogen) atoms. The first kappa shape index (κ1) is 14.6. The smallest absolute Gasteiger partial charge is 0.255 e. The third kappa shape index (κ3) is 3.81. The molecule has 0 aromatic heterocycles. The van der Waals surface area contributed by atoms with Crippen LogP contribution in [-0.4, -0.2) is 5.91 Å². The first-order chi connectivity index (χ1) is 8.95. The molecule has 2 aromatic carbocycles. The van der Waals surface area contributed by atoms with Gasteiger partial charge in [0.1, 0.15) is 0 Å². The van der Waals surface area contributed by atoms with Gasteiger partial charge in [-0.15, -0.1) is 0 Å². The third-order valence-corrected chi connectivity index (χ3v) is 4.08. The van der Waals surface area contributed by atoms with Crippen LogP contribution in [0, 0.1) is 6.92 Å². The zero-order valence-electron chi connectivity index (χ0n) is 10.0. The Balaban J connectivity index is 2.22. The lowest BCUT2D eigenvalue weighted by Gasteiger charge is -2.08. The molecule has 98 valence electrons. The molecule has 0 aliphatic heterocycles. The van der Waals surface area contributed by atoms with E-state index in [1.54, 1.807) is 18.2 Å². The molecule has 2 aromatic rings. The van der Waals surface area contributed by atoms with Gasteiger partial charge in [-0.2, -0.15) is 0 Å². The van der Waals surface area contributed by atoms with E-state index < -0.39 is 0 Å². The summed E-state index contributed by atoms with van der Waals surface area (Å²) in [5, 5.41) is 3.35. The van der Waals surface area contributed by atoms with E-state index in [4.69, 9.17) is 11.6 Å². The molecule has 0 radical (unpaired) electrons. The van der Waals surface area contributed by atoms with Gasteiger partial charge in [0.25, 0.3) is 5.91 Å². The number of carbonyl (C=O) groups is 1. The van der Waals surface area contributed by atoms with Crippen LogP contribution in [0.15, 0.2) is 45.3 Å². The van der Waals surface area contributed by atoms with Gasteiger partial charge in [-0.3, -0.25) is 4.79 Å². The number of carbonyl (C=O) groups excluding carboxylic acids is 1. The minimum atomic E-state index is -0.195. The van der Waals surface area contributed by atoms with Gasteiger partial charge in [-0.1, -0.05) is 49.5 Å². The van der Waals surface area contributed by atoms with Crippen molar-refractivity contribution in [3.8, 4) is 0 Å². The average Bonchev–Trinajstić information content (AvgIpc) is 2.32. The van der Waals surface area contributed by atoms with E-state index in [9.17, 15) is 4.79 Å². The minimum Gasteiger partial charge on any atom is -0.322 e. The predicted molar refractivity (Wildman–Crippen MR) is 86.0 cm³/mol. The molecule has 0 aliphatic rings. The van der Waals surface area contributed by atoms with Crippen LogP contribution in [0.4, 0.5) is 5.69 Å². The summed E-state index contributed by atoms with van der Waals surface area (Å²) in [6.45, 7) is 1.99. The largest absolute Gasteiger partial charge is 0.322 e. The molecule has 1 amide bonds. The molecule has 0 aliphatic carbocycles. The van der Waals surface area contributed by atoms with Gasteiger partial charge >= 0.3 is 0 Å². The van der Waals surface area contributed by atoms with Crippen molar-refractivity contribution in [1.82, 2.24) is 0 Å². The Kier molecular flexibility index (Phi) is 4.66. The molecule has 2 rings (SSSR count). The molecule has 1 N–H and O–H groups in total. The van der Waals surface area contributed by atoms with Crippen molar-refractivity contribution < 1.29 is 4.79 Å². The first-order valence-electron chi connectivity index (χ1n) is 5.49. The topological polar surface area (TPSA) is 29.1 Å². The number of aryl methyl sites for hydroxylation is 1. The highest BCUT2D eigenvalue weighted by atomic mass is 79.9. The molecular weight excluding hydrogens is 393 g/mol. The molecule has 0 fully saturated rings. The maximum Gasteiger partial charge on any atom is 0.255 e. The highest BCUT2D eigenvalue weighted by molar-refractivity contribution is 9.10. The molecule has 0 heterocycles. The van der Waals surface area contributed by atoms with Crippen LogP contribution in [0.1, 0.15) is 15.9 Å². The Bertz CT molecular complexity index is 623. The van der Waals surface area contributed by atoms with Crippen LogP contribution in [0.25, 0.3) is 0 Å². The number of hydrogen-bond acceptors (Lipinski definition) is 1. The SMILES string of the molecule is Cc1ccc(NC(=O)c2cc(Cl)cc(Br)c2)cc1Br. The minimum absolute atomic E-state index is 0.195. The number of hydrogen-bond donors (Lipinski definition) is 1. The van der Waals surface area contributed by atoms with Crippen molar-refractivity contribution in [2.24, 2.45) is 0 Å². The van der Waals surface area contributed by atoms with Gasteiger partial charge in [-0.25, -0.2) is 0 Å². The van der Waals surface area contributed by atoms with Gasteiger partial charge in [0.2, 0.25) is 0 Å². The highest BCUT2D eigenvalue weighted by Crippen LogP contribution is 2.23. The summed E-state index contributed by atoms with van der Waals surface area (Å²) in [7, 11) is 0. The van der Waals surface area contributed by atoms with Crippen LogP contribution >= 0.6 is 43.5 Å². The number of anilines is 1. The van der Waals surface area contributed by atoms with E-state index in [2.05, 4.69) is 37.2 Å². The molecular formula is C14H10Br2ClNO. The summed E-state index contributed by atoms with van der Waals surface area (Å²) in [5.41, 5.74) is 2.36. The number of amides is 1. The molecule has 0 unspecified atom stereocenters. The fraction of sp³-hybridized carbons (Fsp3) is 0.0714. The second kappa shape index (κ2) is 6.07. The van der Waals surface area contributed by atoms with Gasteiger partial charge in [0, 0.05) is 25.2 Å². The van der Waals surface area contributed by atoms with Crippen LogP contribution < -0.4 is 5.32 Å². The van der Waals surface area contributed by atoms with Crippen molar-refractivity contribution in [3.05, 3.63) is 61.5 Å². The summed E-state index contributed by atoms with van der Waals surface area (Å²) in [4.78, 5) is 12.1. The van der Waals surface area contributed by atoms with Crippen LogP contribution in [0.5, 0.6) is 0 Å². The van der Waals surface area contributed by atoms with Gasteiger partial charge in [-0.05, 0) is 42.8 Å². The van der Waals surface area contributed by atoms with Gasteiger partial charge in [0.05, 0.1) is 0 Å². The first-order valence-corrected chi connectivity index (χ1v) is 7.46. The lowest BCUT2D eigenvalue weighted by atomic mass is 10.2. The average molecular weight is 404 g/mol. The standard InChI is InChI=1S/C14H10Br2ClNO/c1-8-2-3-12(7-13(8)16)18-14(19)9-4-10(15)6-11(17)5-9/h2-7H,1H3,(H,18,19). The maximum atomic E-state index is 12.1. The third-order valence-electron chi connectivity index (χ3n) is 2.55. The molecule has 2 nitrogen and oxygen atoms in total. The van der Waals surface area contributed by atoms with Crippen molar-refractivity contribution in [2.45, 2.75) is 6.92 Å². The Morgan fingerprint density at radius 2 is 1.89 bits per heavy atom. The second-order valence-electron chi connectivity index (χ2n) is 4.08. The molecule has 5 heteroatoms. The highest BCUT2D eigenvalue weighted by Gasteiger charge is 2.08. The van der Waals surface area contributed by atoms with E-state index in [1.807, 2.05) is 25.1 Å². The van der Waals surface area contributed by atoms with Crippen LogP contribution in [-0.2, 0) is 0 Å². The molecule has 0 saturated heterocycles. The normalized spacial score (nSPS) is 10.3. The van der Waals surface area contributed by atoms with Gasteiger partial charge < -0.3 is 5.32 Å². The summed E-state index contributed by atoms with van der Waals surface area (Å²) in [6, 6.07) is 10.8. The molecule has 0 spiro atoms. The fourth-order valence-electron chi connectivity index (χ4n) is 1.56. The Morgan fingerprint density at radius 1 is 1.16 bits per heavy atom. The Morgan fingerprint density at radius 3 is 2.53 bits per heavy atom. The van der Waals surface area contributed by atoms with Crippen molar-refractivity contribution >= 4 is 55.1 Å². The van der Waals surface area contributed by atoms with Gasteiger partial charge in [0.15, 0.2) is 0 Å². The van der Waals surface area contributed by atoms with Crippen LogP contribution in [0.2, 0.25) is 5.02 Å². The quantitative estimate of drug-likeness (QED) is 0.712. The monoisotopic (exact) mass is 401 g/mol. The Labute approximate surface area is 133 Å². The number of nitrogens with one attached hydrogen (secondary N) is 1. The maximum absolute atomic E-state index is 12.1. The lowest BCUT2D eigenvalue weighted by Crippen LogP contribution is -2.11. The summed E-state index contributed by atoms with van der Waals surface area (Å²) in [6.07, 6.45) is 0. The summed E-state index contributed by atoms with van der Waals surface area (Å²) < 4.78 is 1.73. The summed E-state index contributed by atoms with van der Waals surface area (Å²) >= 11 is 12.7. The van der Waals surface area contributed by atoms with Crippen molar-refractivity contribution in [1.29, 1.82) is 0 Å². The number of rotatable bonds is 2. The predicted octanol–water partition coefficient (Wildman–Crippen LogP) is 5.43. The van der Waals surface area contributed by atoms with E-state index >= 15 is 0 Å². The molecule has 0 bridgehead atoms. The zero-order chi connectivity index (χ0) is 14.0. The van der Waals surface area contributed by atoms with E-state index in [0.29, 0.717) is 10.6 Å². The number of halogens is 3. The summed E-state index contributed by atoms with van der Waals surface area (Å²) in [5.74, 6) is -0.195. The van der Waals surface area contributed by atoms with Crippen LogP contribution in [0.3, 0.4) is 0 Å². The van der Waals surface area contributed by atoms with Crippen molar-refractivity contribution in [2.75, 3.05) is 5.32 Å². The second-order valence-corrected chi connectivity index (χ2v) is 6.28. The number of benzene rings is 2. The van der Waals surface area contributed by atoms with E-state index in [-0.39, 0.29) is 5.91 Å². The Hall–Kier alpha value is -0.840. The molecule has 0 saturated carbocycles. The lowest BCUT2D eigenvalue weighted by molar-refractivity contribution is 0.102. The van der Waals surface area contributed by atoms with Crippen molar-refractivity contribution in [3.63, 3.8) is 0 Å². The zero-order valence-corrected chi connectivity index (χ0v) is 13.9. The fourth-order valence-corrected chi connectivity index (χ4v) is 2.80. The van der Waals surface area contributed by atoms with E-state index in [0.717, 1.165) is 20.2 Å². The molecule has 0 atom stereocenters.